The summed E-state index contributed by atoms with van der Waals surface area (Å²) in [6, 6.07) is 23.8. The van der Waals surface area contributed by atoms with Crippen molar-refractivity contribution in [3.8, 4) is 0 Å². The largest absolute Gasteiger partial charge is 0.394 e. The molecule has 0 aliphatic rings. The minimum absolute atomic E-state index is 0.0717. The molecule has 0 saturated heterocycles. The molecular weight excluding hydrogens is 524 g/mol. The van der Waals surface area contributed by atoms with Gasteiger partial charge >= 0.3 is 0 Å². The number of rotatable bonds is 15. The van der Waals surface area contributed by atoms with Gasteiger partial charge < -0.3 is 31.5 Å². The van der Waals surface area contributed by atoms with E-state index in [1.54, 1.807) is 24.3 Å². The molecule has 3 aromatic rings. The van der Waals surface area contributed by atoms with Gasteiger partial charge in [0.2, 0.25) is 23.6 Å². The van der Waals surface area contributed by atoms with Gasteiger partial charge in [0, 0.05) is 19.4 Å². The van der Waals surface area contributed by atoms with Gasteiger partial charge in [-0.2, -0.15) is 0 Å². The number of aliphatic hydroxyl groups excluding tert-OH is 2. The highest BCUT2D eigenvalue weighted by Crippen LogP contribution is 2.06. The first kappa shape index (κ1) is 31.0. The van der Waals surface area contributed by atoms with Crippen LogP contribution >= 0.6 is 0 Å². The third kappa shape index (κ3) is 10.5. The first-order valence-electron chi connectivity index (χ1n) is 13.4. The zero-order valence-corrected chi connectivity index (χ0v) is 22.7. The number of nitrogens with one attached hydrogen (secondary N) is 4. The molecule has 6 N–H and O–H groups in total. The number of aryl methyl sites for hydroxylation is 1. The zero-order chi connectivity index (χ0) is 29.5. The third-order valence-corrected chi connectivity index (χ3v) is 6.36. The molecule has 0 unspecified atom stereocenters. The second-order valence-electron chi connectivity index (χ2n) is 9.49. The molecule has 0 spiro atoms. The van der Waals surface area contributed by atoms with Crippen LogP contribution in [-0.4, -0.2) is 65.2 Å². The highest BCUT2D eigenvalue weighted by Gasteiger charge is 2.29. The van der Waals surface area contributed by atoms with Crippen LogP contribution in [-0.2, 0) is 38.6 Å². The Kier molecular flexibility index (Phi) is 12.5. The molecule has 0 aliphatic carbocycles. The Morgan fingerprint density at radius 1 is 0.561 bits per heavy atom. The molecule has 41 heavy (non-hydrogen) atoms. The fourth-order valence-electron chi connectivity index (χ4n) is 4.07. The number of aliphatic hydroxyl groups is 2. The van der Waals surface area contributed by atoms with E-state index in [4.69, 9.17) is 0 Å². The lowest BCUT2D eigenvalue weighted by atomic mass is 10.0. The summed E-state index contributed by atoms with van der Waals surface area (Å²) in [4.78, 5) is 51.4. The van der Waals surface area contributed by atoms with Gasteiger partial charge in [-0.3, -0.25) is 19.2 Å². The Hall–Kier alpha value is -4.54. The molecule has 0 aromatic heterocycles. The van der Waals surface area contributed by atoms with E-state index < -0.39 is 55.0 Å². The smallest absolute Gasteiger partial charge is 0.245 e. The minimum atomic E-state index is -1.29. The van der Waals surface area contributed by atoms with E-state index in [0.717, 1.165) is 16.7 Å². The highest BCUT2D eigenvalue weighted by molar-refractivity contribution is 5.94. The summed E-state index contributed by atoms with van der Waals surface area (Å²) >= 11 is 0. The van der Waals surface area contributed by atoms with E-state index >= 15 is 0 Å². The van der Waals surface area contributed by atoms with E-state index in [-0.39, 0.29) is 19.4 Å². The topological polar surface area (TPSA) is 157 Å². The van der Waals surface area contributed by atoms with Gasteiger partial charge in [-0.1, -0.05) is 91.0 Å². The van der Waals surface area contributed by atoms with Crippen LogP contribution in [0.3, 0.4) is 0 Å². The quantitative estimate of drug-likeness (QED) is 0.160. The van der Waals surface area contributed by atoms with Crippen LogP contribution < -0.4 is 21.3 Å². The van der Waals surface area contributed by atoms with Gasteiger partial charge in [0.15, 0.2) is 0 Å². The summed E-state index contributed by atoms with van der Waals surface area (Å²) in [6.07, 6.45) is 0.640. The molecule has 216 valence electrons. The van der Waals surface area contributed by atoms with Crippen LogP contribution in [0.1, 0.15) is 23.1 Å². The van der Waals surface area contributed by atoms with Crippen LogP contribution in [0.15, 0.2) is 91.0 Å². The van der Waals surface area contributed by atoms with Gasteiger partial charge in [-0.25, -0.2) is 0 Å². The second kappa shape index (κ2) is 16.5. The van der Waals surface area contributed by atoms with Gasteiger partial charge in [0.1, 0.15) is 18.1 Å². The molecule has 3 atom stereocenters. The van der Waals surface area contributed by atoms with Crippen molar-refractivity contribution in [2.75, 3.05) is 13.2 Å². The number of carbonyl (C=O) groups excluding carboxylic acids is 4. The fourth-order valence-corrected chi connectivity index (χ4v) is 4.07. The van der Waals surface area contributed by atoms with Crippen LogP contribution in [0.2, 0.25) is 0 Å². The molecule has 4 amide bonds. The maximum absolute atomic E-state index is 13.3. The molecular formula is C31H36N4O6. The molecule has 3 aromatic carbocycles. The van der Waals surface area contributed by atoms with E-state index in [0.29, 0.717) is 6.42 Å². The third-order valence-electron chi connectivity index (χ3n) is 6.36. The molecule has 3 rings (SSSR count). The summed E-state index contributed by atoms with van der Waals surface area (Å²) < 4.78 is 0. The van der Waals surface area contributed by atoms with Gasteiger partial charge in [0.05, 0.1) is 13.2 Å². The Bertz CT molecular complexity index is 1260. The molecule has 0 bridgehead atoms. The van der Waals surface area contributed by atoms with Crippen molar-refractivity contribution in [1.29, 1.82) is 0 Å². The molecule has 0 aliphatic heterocycles. The fraction of sp³-hybridized carbons (Fsp3) is 0.290. The monoisotopic (exact) mass is 560 g/mol. The number of amides is 4. The van der Waals surface area contributed by atoms with Gasteiger partial charge in [-0.05, 0) is 23.1 Å². The highest BCUT2D eigenvalue weighted by atomic mass is 16.3. The predicted molar refractivity (Wildman–Crippen MR) is 153 cm³/mol. The standard InChI is InChI=1S/C31H36N4O6/c36-20-26(29(39)32-19-24-14-8-3-9-15-24)35-30(40)25(18-23-12-6-2-7-13-23)34-31(41)27(21-37)33-28(38)17-16-22-10-4-1-5-11-22/h1-15,25-27,36-37H,16-21H2,(H,32,39)(H,33,38)(H,34,41)(H,35,40)/t25-,26-,27-/m0/s1. The lowest BCUT2D eigenvalue weighted by Crippen LogP contribution is -2.58. The van der Waals surface area contributed by atoms with Crippen LogP contribution in [0.4, 0.5) is 0 Å². The predicted octanol–water partition coefficient (Wildman–Crippen LogP) is 0.617. The van der Waals surface area contributed by atoms with Crippen molar-refractivity contribution in [2.45, 2.75) is 43.9 Å². The van der Waals surface area contributed by atoms with E-state index in [2.05, 4.69) is 21.3 Å². The van der Waals surface area contributed by atoms with Crippen LogP contribution in [0, 0.1) is 0 Å². The Morgan fingerprint density at radius 3 is 1.59 bits per heavy atom. The molecule has 0 fully saturated rings. The van der Waals surface area contributed by atoms with Gasteiger partial charge in [0.25, 0.3) is 0 Å². The molecule has 0 heterocycles. The van der Waals surface area contributed by atoms with Crippen molar-refractivity contribution in [3.63, 3.8) is 0 Å². The molecule has 0 saturated carbocycles. The minimum Gasteiger partial charge on any atom is -0.394 e. The molecule has 10 nitrogen and oxygen atoms in total. The lowest BCUT2D eigenvalue weighted by Gasteiger charge is -2.24. The summed E-state index contributed by atoms with van der Waals surface area (Å²) in [5.41, 5.74) is 2.53. The SMILES string of the molecule is O=C(CCc1ccccc1)N[C@@H](CO)C(=O)N[C@@H](Cc1ccccc1)C(=O)N[C@@H](CO)C(=O)NCc1ccccc1. The van der Waals surface area contributed by atoms with Crippen molar-refractivity contribution < 1.29 is 29.4 Å². The number of benzene rings is 3. The average molecular weight is 561 g/mol. The summed E-state index contributed by atoms with van der Waals surface area (Å²) in [7, 11) is 0. The summed E-state index contributed by atoms with van der Waals surface area (Å²) in [5.74, 6) is -2.48. The molecule has 0 radical (unpaired) electrons. The van der Waals surface area contributed by atoms with Crippen molar-refractivity contribution in [1.82, 2.24) is 21.3 Å². The number of carbonyl (C=O) groups is 4. The Morgan fingerprint density at radius 2 is 1.02 bits per heavy atom. The maximum Gasteiger partial charge on any atom is 0.245 e. The summed E-state index contributed by atoms with van der Waals surface area (Å²) in [6.45, 7) is -1.13. The van der Waals surface area contributed by atoms with E-state index in [9.17, 15) is 29.4 Å². The molecule has 10 heteroatoms. The van der Waals surface area contributed by atoms with Crippen LogP contribution in [0.5, 0.6) is 0 Å². The second-order valence-corrected chi connectivity index (χ2v) is 9.49. The van der Waals surface area contributed by atoms with Gasteiger partial charge in [-0.15, -0.1) is 0 Å². The normalized spacial score (nSPS) is 12.8. The zero-order valence-electron chi connectivity index (χ0n) is 22.7. The number of hydrogen-bond donors (Lipinski definition) is 6. The van der Waals surface area contributed by atoms with Crippen molar-refractivity contribution >= 4 is 23.6 Å². The van der Waals surface area contributed by atoms with E-state index in [1.807, 2.05) is 66.7 Å². The lowest BCUT2D eigenvalue weighted by molar-refractivity contribution is -0.134. The van der Waals surface area contributed by atoms with Crippen LogP contribution in [0.25, 0.3) is 0 Å². The first-order chi connectivity index (χ1) is 19.9. The maximum atomic E-state index is 13.3. The van der Waals surface area contributed by atoms with Crippen molar-refractivity contribution in [3.05, 3.63) is 108 Å². The average Bonchev–Trinajstić information content (AvgIpc) is 3.01. The summed E-state index contributed by atoms with van der Waals surface area (Å²) in [5, 5.41) is 29.9. The Labute approximate surface area is 239 Å². The first-order valence-corrected chi connectivity index (χ1v) is 13.4. The van der Waals surface area contributed by atoms with E-state index in [1.165, 1.54) is 0 Å². The van der Waals surface area contributed by atoms with Crippen molar-refractivity contribution in [2.24, 2.45) is 0 Å². The number of hydrogen-bond acceptors (Lipinski definition) is 6. The Balaban J connectivity index is 1.63.